The van der Waals surface area contributed by atoms with Crippen LogP contribution in [0, 0.1) is 0 Å². The number of benzene rings is 9. The van der Waals surface area contributed by atoms with E-state index >= 15 is 0 Å². The van der Waals surface area contributed by atoms with Crippen LogP contribution in [0.3, 0.4) is 0 Å². The molecule has 0 saturated heterocycles. The summed E-state index contributed by atoms with van der Waals surface area (Å²) in [7, 11) is 0. The lowest BCUT2D eigenvalue weighted by Gasteiger charge is -2.48. The highest BCUT2D eigenvalue weighted by Crippen LogP contribution is 2.59. The van der Waals surface area contributed by atoms with Crippen LogP contribution >= 0.6 is 11.3 Å². The molecule has 0 bridgehead atoms. The van der Waals surface area contributed by atoms with Gasteiger partial charge in [0.15, 0.2) is 0 Å². The lowest BCUT2D eigenvalue weighted by Crippen LogP contribution is -2.65. The zero-order valence-corrected chi connectivity index (χ0v) is 39.6. The zero-order valence-electron chi connectivity index (χ0n) is 38.8. The summed E-state index contributed by atoms with van der Waals surface area (Å²) in [4.78, 5) is 2.68. The second-order valence-corrected chi connectivity index (χ2v) is 22.3. The Hall–Kier alpha value is -7.14. The van der Waals surface area contributed by atoms with Crippen LogP contribution in [0.2, 0.25) is 0 Å². The van der Waals surface area contributed by atoms with Crippen LogP contribution in [0.15, 0.2) is 188 Å². The Bertz CT molecular complexity index is 3810. The number of para-hydroxylation sites is 2. The molecule has 1 aliphatic carbocycles. The van der Waals surface area contributed by atoms with Gasteiger partial charge >= 0.3 is 0 Å². The van der Waals surface area contributed by atoms with Crippen molar-refractivity contribution in [3.05, 3.63) is 221 Å². The third-order valence-electron chi connectivity index (χ3n) is 15.6. The minimum absolute atomic E-state index is 0.0139. The predicted octanol–water partition coefficient (Wildman–Crippen LogP) is 14.7. The molecule has 0 radical (unpaired) electrons. The van der Waals surface area contributed by atoms with E-state index in [0.717, 1.165) is 0 Å². The molecule has 14 rings (SSSR count). The van der Waals surface area contributed by atoms with Gasteiger partial charge in [-0.2, -0.15) is 0 Å². The summed E-state index contributed by atoms with van der Waals surface area (Å²) in [5, 5.41) is 5.17. The molecule has 4 heteroatoms. The summed E-state index contributed by atoms with van der Waals surface area (Å²) in [6, 6.07) is 72.7. The van der Waals surface area contributed by atoms with Crippen molar-refractivity contribution in [2.45, 2.75) is 57.8 Å². The number of thiophene rings is 1. The molecule has 67 heavy (non-hydrogen) atoms. The molecular formula is C63H49BN2S. The maximum Gasteiger partial charge on any atom is 0.247 e. The van der Waals surface area contributed by atoms with Gasteiger partial charge in [-0.15, -0.1) is 11.3 Å². The monoisotopic (exact) mass is 876 g/mol. The van der Waals surface area contributed by atoms with Gasteiger partial charge in [0.1, 0.15) is 0 Å². The number of anilines is 3. The fourth-order valence-corrected chi connectivity index (χ4v) is 13.7. The Morgan fingerprint density at radius 2 is 1.03 bits per heavy atom. The Morgan fingerprint density at radius 1 is 0.448 bits per heavy atom. The van der Waals surface area contributed by atoms with Gasteiger partial charge in [0.25, 0.3) is 0 Å². The first-order valence-electron chi connectivity index (χ1n) is 23.9. The van der Waals surface area contributed by atoms with Crippen molar-refractivity contribution in [3.8, 4) is 16.8 Å². The maximum atomic E-state index is 2.68. The molecule has 2 aliphatic heterocycles. The topological polar surface area (TPSA) is 8.17 Å². The number of fused-ring (bicyclic) bond motifs is 18. The Morgan fingerprint density at radius 3 is 1.69 bits per heavy atom. The molecule has 4 heterocycles. The van der Waals surface area contributed by atoms with Gasteiger partial charge < -0.3 is 9.47 Å². The van der Waals surface area contributed by atoms with Crippen molar-refractivity contribution in [2.75, 3.05) is 4.90 Å². The molecule has 0 saturated carbocycles. The predicted molar refractivity (Wildman–Crippen MR) is 288 cm³/mol. The van der Waals surface area contributed by atoms with E-state index in [2.05, 4.69) is 239 Å². The minimum Gasteiger partial charge on any atom is -0.311 e. The fraction of sp³-hybridized carbons (Fsp3) is 0.143. The molecule has 9 aromatic carbocycles. The molecule has 0 amide bonds. The van der Waals surface area contributed by atoms with Crippen LogP contribution in [-0.2, 0) is 16.2 Å². The molecule has 0 unspecified atom stereocenters. The summed E-state index contributed by atoms with van der Waals surface area (Å²) >= 11 is 1.91. The van der Waals surface area contributed by atoms with Gasteiger partial charge in [0, 0.05) is 48.0 Å². The van der Waals surface area contributed by atoms with Crippen molar-refractivity contribution in [2.24, 2.45) is 0 Å². The van der Waals surface area contributed by atoms with Crippen LogP contribution in [0.25, 0.3) is 58.8 Å². The molecule has 1 spiro atoms. The van der Waals surface area contributed by atoms with E-state index in [1.807, 2.05) is 11.3 Å². The largest absolute Gasteiger partial charge is 0.311 e. The normalized spacial score (nSPS) is 14.5. The standard InChI is InChI=1S/C63H49BN2S/c1-61(2,3)38-27-30-40(31-28-38)66-55-37-41(65-53-24-14-9-19-44(53)45-20-10-15-25-54(45)65)36-50-59(55)64(51-33-34-57-58(60(51)66)46-21-11-16-26-56(46)67-57)52-35-39(62(4,5)6)29-32-49(52)63(50)47-22-12-7-17-42(47)43-18-8-13-23-48(43)63/h7-37H,1-6H3. The number of rotatable bonds is 2. The third-order valence-corrected chi connectivity index (χ3v) is 16.7. The molecule has 0 fully saturated rings. The highest BCUT2D eigenvalue weighted by atomic mass is 32.1. The van der Waals surface area contributed by atoms with Crippen LogP contribution < -0.4 is 21.3 Å². The van der Waals surface area contributed by atoms with Crippen LogP contribution in [0.5, 0.6) is 0 Å². The summed E-state index contributed by atoms with van der Waals surface area (Å²) in [6.45, 7) is 14.0. The van der Waals surface area contributed by atoms with E-state index in [4.69, 9.17) is 0 Å². The Labute approximate surface area is 396 Å². The number of aromatic nitrogens is 1. The molecule has 3 aliphatic rings. The van der Waals surface area contributed by atoms with Gasteiger partial charge in [-0.3, -0.25) is 0 Å². The van der Waals surface area contributed by atoms with E-state index in [1.165, 1.54) is 126 Å². The maximum absolute atomic E-state index is 2.68. The Balaban J connectivity index is 1.22. The van der Waals surface area contributed by atoms with Crippen LogP contribution in [0.4, 0.5) is 17.1 Å². The van der Waals surface area contributed by atoms with E-state index in [9.17, 15) is 0 Å². The van der Waals surface area contributed by atoms with Gasteiger partial charge in [0.2, 0.25) is 6.71 Å². The average molecular weight is 877 g/mol. The highest BCUT2D eigenvalue weighted by Gasteiger charge is 2.55. The molecule has 2 aromatic heterocycles. The first kappa shape index (κ1) is 39.1. The molecular weight excluding hydrogens is 828 g/mol. The zero-order chi connectivity index (χ0) is 45.1. The first-order valence-corrected chi connectivity index (χ1v) is 24.7. The number of hydrogen-bond donors (Lipinski definition) is 0. The Kier molecular flexibility index (Phi) is 7.87. The van der Waals surface area contributed by atoms with Crippen LogP contribution in [0.1, 0.15) is 74.9 Å². The van der Waals surface area contributed by atoms with Crippen LogP contribution in [-0.4, -0.2) is 11.3 Å². The van der Waals surface area contributed by atoms with E-state index < -0.39 is 5.41 Å². The molecule has 11 aromatic rings. The summed E-state index contributed by atoms with van der Waals surface area (Å²) in [6.07, 6.45) is 0. The second kappa shape index (κ2) is 13.5. The van der Waals surface area contributed by atoms with Gasteiger partial charge in [0.05, 0.1) is 22.1 Å². The summed E-state index contributed by atoms with van der Waals surface area (Å²) in [5.41, 5.74) is 21.6. The van der Waals surface area contributed by atoms with Crippen molar-refractivity contribution < 1.29 is 0 Å². The second-order valence-electron chi connectivity index (χ2n) is 21.2. The highest BCUT2D eigenvalue weighted by molar-refractivity contribution is 7.26. The van der Waals surface area contributed by atoms with E-state index in [-0.39, 0.29) is 17.5 Å². The van der Waals surface area contributed by atoms with E-state index in [0.29, 0.717) is 0 Å². The lowest BCUT2D eigenvalue weighted by molar-refractivity contribution is 0.590. The first-order chi connectivity index (χ1) is 32.5. The molecule has 2 nitrogen and oxygen atoms in total. The quantitative estimate of drug-likeness (QED) is 0.157. The van der Waals surface area contributed by atoms with Gasteiger partial charge in [-0.25, -0.2) is 0 Å². The molecule has 320 valence electrons. The smallest absolute Gasteiger partial charge is 0.247 e. The van der Waals surface area contributed by atoms with Gasteiger partial charge in [-0.1, -0.05) is 187 Å². The van der Waals surface area contributed by atoms with Crippen molar-refractivity contribution in [1.82, 2.24) is 4.57 Å². The summed E-state index contributed by atoms with van der Waals surface area (Å²) < 4.78 is 5.18. The van der Waals surface area contributed by atoms with Crippen molar-refractivity contribution in [1.29, 1.82) is 0 Å². The average Bonchev–Trinajstić information content (AvgIpc) is 3.99. The van der Waals surface area contributed by atoms with Gasteiger partial charge in [-0.05, 0) is 115 Å². The van der Waals surface area contributed by atoms with E-state index in [1.54, 1.807) is 0 Å². The third kappa shape index (κ3) is 5.17. The molecule has 0 N–H and O–H groups in total. The minimum atomic E-state index is -0.591. The molecule has 0 atom stereocenters. The fourth-order valence-electron chi connectivity index (χ4n) is 12.6. The number of nitrogens with zero attached hydrogens (tertiary/aromatic N) is 2. The SMILES string of the molecule is CC(C)(C)c1ccc(N2c3cc(-n4c5ccccc5c5ccccc54)cc4c3B(c3cc(C(C)(C)C)ccc3C43c4ccccc4-c4ccccc43)c3ccc4sc5ccccc5c4c32)cc1. The van der Waals surface area contributed by atoms with Crippen molar-refractivity contribution >= 4 is 93.5 Å². The lowest BCUT2D eigenvalue weighted by atomic mass is 9.29. The van der Waals surface area contributed by atoms with Crippen molar-refractivity contribution in [3.63, 3.8) is 0 Å². The summed E-state index contributed by atoms with van der Waals surface area (Å²) in [5.74, 6) is 0. The number of hydrogen-bond acceptors (Lipinski definition) is 2.